The summed E-state index contributed by atoms with van der Waals surface area (Å²) in [6, 6.07) is 12.2. The molecule has 0 aromatic heterocycles. The Bertz CT molecular complexity index is 676. The second-order valence-corrected chi connectivity index (χ2v) is 5.33. The maximum atomic E-state index is 12.2. The predicted molar refractivity (Wildman–Crippen MR) is 86.3 cm³/mol. The van der Waals surface area contributed by atoms with Crippen LogP contribution in [0.4, 0.5) is 0 Å². The van der Waals surface area contributed by atoms with Gasteiger partial charge in [0.1, 0.15) is 12.4 Å². The minimum absolute atomic E-state index is 0.276. The lowest BCUT2D eigenvalue weighted by molar-refractivity contribution is -0.0758. The van der Waals surface area contributed by atoms with E-state index < -0.39 is 0 Å². The van der Waals surface area contributed by atoms with Crippen LogP contribution in [0.25, 0.3) is 0 Å². The van der Waals surface area contributed by atoms with Gasteiger partial charge >= 0.3 is 0 Å². The van der Waals surface area contributed by atoms with Gasteiger partial charge in [-0.15, -0.1) is 0 Å². The third-order valence-electron chi connectivity index (χ3n) is 3.06. The van der Waals surface area contributed by atoms with E-state index in [-0.39, 0.29) is 12.5 Å². The van der Waals surface area contributed by atoms with Gasteiger partial charge in [0.05, 0.1) is 22.7 Å². The van der Waals surface area contributed by atoms with Crippen LogP contribution in [0.1, 0.15) is 15.9 Å². The van der Waals surface area contributed by atoms with Crippen molar-refractivity contribution < 1.29 is 14.4 Å². The highest BCUT2D eigenvalue weighted by molar-refractivity contribution is 6.42. The van der Waals surface area contributed by atoms with E-state index in [0.29, 0.717) is 21.4 Å². The summed E-state index contributed by atoms with van der Waals surface area (Å²) >= 11 is 11.9. The average Bonchev–Trinajstić information content (AvgIpc) is 2.54. The molecule has 0 N–H and O–H groups in total. The fourth-order valence-corrected chi connectivity index (χ4v) is 2.13. The van der Waals surface area contributed by atoms with Gasteiger partial charge in [0, 0.05) is 7.05 Å². The molecular formula is C16H15Cl2NO3. The van der Waals surface area contributed by atoms with Crippen molar-refractivity contribution in [3.8, 4) is 5.75 Å². The lowest BCUT2D eigenvalue weighted by Gasteiger charge is -2.16. The van der Waals surface area contributed by atoms with Crippen LogP contribution in [0.2, 0.25) is 10.0 Å². The fraction of sp³-hybridized carbons (Fsp3) is 0.188. The molecule has 0 aliphatic heterocycles. The van der Waals surface area contributed by atoms with Gasteiger partial charge in [-0.05, 0) is 29.8 Å². The molecule has 0 aliphatic rings. The largest absolute Gasteiger partial charge is 0.488 e. The van der Waals surface area contributed by atoms with Gasteiger partial charge in [-0.2, -0.15) is 0 Å². The van der Waals surface area contributed by atoms with Crippen LogP contribution in [0.15, 0.2) is 42.5 Å². The smallest absolute Gasteiger partial charge is 0.280 e. The topological polar surface area (TPSA) is 38.8 Å². The van der Waals surface area contributed by atoms with Crippen molar-refractivity contribution in [2.24, 2.45) is 0 Å². The Morgan fingerprint density at radius 2 is 1.86 bits per heavy atom. The summed E-state index contributed by atoms with van der Waals surface area (Å²) in [6.45, 7) is 0.276. The van der Waals surface area contributed by atoms with Gasteiger partial charge in [-0.25, -0.2) is 5.06 Å². The molecule has 0 atom stereocenters. The number of halogens is 2. The summed E-state index contributed by atoms with van der Waals surface area (Å²) in [5.41, 5.74) is 1.28. The van der Waals surface area contributed by atoms with E-state index >= 15 is 0 Å². The number of hydrogen-bond acceptors (Lipinski definition) is 3. The van der Waals surface area contributed by atoms with Crippen LogP contribution in [0, 0.1) is 0 Å². The Morgan fingerprint density at radius 1 is 1.14 bits per heavy atom. The minimum Gasteiger partial charge on any atom is -0.488 e. The molecule has 0 unspecified atom stereocenters. The summed E-state index contributed by atoms with van der Waals surface area (Å²) in [6.07, 6.45) is 0. The third-order valence-corrected chi connectivity index (χ3v) is 3.79. The lowest BCUT2D eigenvalue weighted by Crippen LogP contribution is -2.25. The SMILES string of the molecule is CON(C)C(=O)c1ccccc1OCc1ccc(Cl)c(Cl)c1. The Hall–Kier alpha value is -1.75. The van der Waals surface area contributed by atoms with Gasteiger partial charge in [0.2, 0.25) is 0 Å². The van der Waals surface area contributed by atoms with E-state index in [9.17, 15) is 4.79 Å². The number of hydroxylamine groups is 2. The molecule has 2 aromatic rings. The van der Waals surface area contributed by atoms with Gasteiger partial charge in [0.25, 0.3) is 5.91 Å². The van der Waals surface area contributed by atoms with E-state index in [0.717, 1.165) is 10.6 Å². The quantitative estimate of drug-likeness (QED) is 0.766. The summed E-state index contributed by atoms with van der Waals surface area (Å²) in [4.78, 5) is 17.1. The summed E-state index contributed by atoms with van der Waals surface area (Å²) in [5.74, 6) is 0.190. The molecule has 2 aromatic carbocycles. The first-order valence-electron chi connectivity index (χ1n) is 6.51. The fourth-order valence-electron chi connectivity index (χ4n) is 1.81. The molecule has 2 rings (SSSR count). The monoisotopic (exact) mass is 339 g/mol. The molecule has 0 radical (unpaired) electrons. The molecule has 0 fully saturated rings. The van der Waals surface area contributed by atoms with Crippen LogP contribution < -0.4 is 4.74 Å². The highest BCUT2D eigenvalue weighted by Gasteiger charge is 2.16. The van der Waals surface area contributed by atoms with Gasteiger partial charge in [0.15, 0.2) is 0 Å². The molecule has 6 heteroatoms. The number of carbonyl (C=O) groups is 1. The molecule has 0 bridgehead atoms. The van der Waals surface area contributed by atoms with Crippen molar-refractivity contribution in [2.75, 3.05) is 14.2 Å². The molecular weight excluding hydrogens is 325 g/mol. The summed E-state index contributed by atoms with van der Waals surface area (Å²) in [5, 5.41) is 2.09. The number of benzene rings is 2. The minimum atomic E-state index is -0.285. The van der Waals surface area contributed by atoms with Gasteiger partial charge < -0.3 is 4.74 Å². The second kappa shape index (κ2) is 7.49. The number of carbonyl (C=O) groups excluding carboxylic acids is 1. The van der Waals surface area contributed by atoms with Crippen molar-refractivity contribution in [1.29, 1.82) is 0 Å². The first kappa shape index (κ1) is 16.6. The van der Waals surface area contributed by atoms with Crippen molar-refractivity contribution >= 4 is 29.1 Å². The van der Waals surface area contributed by atoms with E-state index in [4.69, 9.17) is 32.8 Å². The zero-order valence-corrected chi connectivity index (χ0v) is 13.7. The standard InChI is InChI=1S/C16H15Cl2NO3/c1-19(21-2)16(20)12-5-3-4-6-15(12)22-10-11-7-8-13(17)14(18)9-11/h3-9H,10H2,1-2H3. The molecule has 116 valence electrons. The molecule has 0 spiro atoms. The lowest BCUT2D eigenvalue weighted by atomic mass is 10.2. The molecule has 0 saturated heterocycles. The zero-order valence-electron chi connectivity index (χ0n) is 12.2. The molecule has 1 amide bonds. The first-order valence-corrected chi connectivity index (χ1v) is 7.26. The Kier molecular flexibility index (Phi) is 5.66. The average molecular weight is 340 g/mol. The maximum Gasteiger partial charge on any atom is 0.280 e. The van der Waals surface area contributed by atoms with Crippen LogP contribution in [0.3, 0.4) is 0 Å². The second-order valence-electron chi connectivity index (χ2n) is 4.52. The van der Waals surface area contributed by atoms with Crippen molar-refractivity contribution in [2.45, 2.75) is 6.61 Å². The highest BCUT2D eigenvalue weighted by atomic mass is 35.5. The predicted octanol–water partition coefficient (Wildman–Crippen LogP) is 4.21. The Balaban J connectivity index is 2.16. The molecule has 22 heavy (non-hydrogen) atoms. The summed E-state index contributed by atoms with van der Waals surface area (Å²) in [7, 11) is 2.97. The Morgan fingerprint density at radius 3 is 2.55 bits per heavy atom. The van der Waals surface area contributed by atoms with Crippen LogP contribution in [-0.4, -0.2) is 25.1 Å². The van der Waals surface area contributed by atoms with Crippen LogP contribution in [-0.2, 0) is 11.4 Å². The molecule has 0 heterocycles. The number of para-hydroxylation sites is 1. The number of ether oxygens (including phenoxy) is 1. The van der Waals surface area contributed by atoms with Gasteiger partial charge in [-0.3, -0.25) is 9.63 Å². The van der Waals surface area contributed by atoms with Crippen LogP contribution >= 0.6 is 23.2 Å². The van der Waals surface area contributed by atoms with Crippen molar-refractivity contribution in [3.05, 3.63) is 63.6 Å². The van der Waals surface area contributed by atoms with E-state index in [2.05, 4.69) is 0 Å². The van der Waals surface area contributed by atoms with E-state index in [1.807, 2.05) is 6.07 Å². The normalized spacial score (nSPS) is 10.4. The molecule has 0 aliphatic carbocycles. The van der Waals surface area contributed by atoms with E-state index in [1.165, 1.54) is 14.2 Å². The Labute approximate surface area is 139 Å². The third kappa shape index (κ3) is 3.91. The number of nitrogens with zero attached hydrogens (tertiary/aromatic N) is 1. The highest BCUT2D eigenvalue weighted by Crippen LogP contribution is 2.25. The molecule has 0 saturated carbocycles. The van der Waals surface area contributed by atoms with Crippen molar-refractivity contribution in [1.82, 2.24) is 5.06 Å². The number of rotatable bonds is 5. The summed E-state index contributed by atoms with van der Waals surface area (Å²) < 4.78 is 5.73. The molecule has 4 nitrogen and oxygen atoms in total. The maximum absolute atomic E-state index is 12.2. The zero-order chi connectivity index (χ0) is 16.1. The van der Waals surface area contributed by atoms with Crippen LogP contribution in [0.5, 0.6) is 5.75 Å². The number of hydrogen-bond donors (Lipinski definition) is 0. The number of amides is 1. The van der Waals surface area contributed by atoms with Crippen molar-refractivity contribution in [3.63, 3.8) is 0 Å². The van der Waals surface area contributed by atoms with E-state index in [1.54, 1.807) is 36.4 Å². The first-order chi connectivity index (χ1) is 10.5. The van der Waals surface area contributed by atoms with Gasteiger partial charge in [-0.1, -0.05) is 41.4 Å².